The Morgan fingerprint density at radius 1 is 0.556 bits per heavy atom. The standard InChI is InChI=1S/C59H59BN2S/c1-8-10-17-39-23-26-42(27-24-39)62-52-37-49-48(58(4,5)31-32-59(49,6)7)36-46(52)47-33-38(3)34-53-55(47)60(62)56-51(30-28-44-43-21-15-16-22-54(43)63-57(44)56)61(53)50-29-25-40(18-11-9-2)35-45(50)41-19-13-12-14-20-41/h12-16,19-30,33-37H,8-11,17-18,31-32H2,1-7H3. The molecule has 8 aromatic rings. The Balaban J connectivity index is 1.27. The van der Waals surface area contributed by atoms with Gasteiger partial charge in [0.1, 0.15) is 0 Å². The molecule has 2 aliphatic heterocycles. The minimum absolute atomic E-state index is 0.0469. The van der Waals surface area contributed by atoms with Crippen molar-refractivity contribution in [2.24, 2.45) is 0 Å². The molecule has 0 radical (unpaired) electrons. The first kappa shape index (κ1) is 40.2. The van der Waals surface area contributed by atoms with Crippen molar-refractivity contribution >= 4 is 77.7 Å². The number of thiophene rings is 1. The maximum Gasteiger partial charge on any atom is 0.334 e. The molecule has 2 nitrogen and oxygen atoms in total. The minimum atomic E-state index is -0.0469. The molecule has 7 aromatic carbocycles. The Kier molecular flexibility index (Phi) is 9.77. The zero-order chi connectivity index (χ0) is 43.2. The molecule has 0 amide bonds. The second-order valence-corrected chi connectivity index (χ2v) is 21.2. The summed E-state index contributed by atoms with van der Waals surface area (Å²) in [6, 6.07) is 52.4. The molecule has 11 rings (SSSR count). The molecule has 0 atom stereocenters. The molecule has 314 valence electrons. The number of benzene rings is 7. The van der Waals surface area contributed by atoms with Gasteiger partial charge < -0.3 is 9.71 Å². The Labute approximate surface area is 379 Å². The van der Waals surface area contributed by atoms with Crippen molar-refractivity contribution in [3.8, 4) is 22.3 Å². The minimum Gasteiger partial charge on any atom is -0.376 e. The summed E-state index contributed by atoms with van der Waals surface area (Å²) in [6.45, 7) is 16.8. The Morgan fingerprint density at radius 2 is 1.22 bits per heavy atom. The van der Waals surface area contributed by atoms with Gasteiger partial charge in [-0.25, -0.2) is 0 Å². The van der Waals surface area contributed by atoms with Crippen molar-refractivity contribution < 1.29 is 0 Å². The molecular weight excluding hydrogens is 780 g/mol. The van der Waals surface area contributed by atoms with Crippen molar-refractivity contribution in [1.82, 2.24) is 0 Å². The monoisotopic (exact) mass is 838 g/mol. The van der Waals surface area contributed by atoms with Crippen molar-refractivity contribution in [3.63, 3.8) is 0 Å². The molecule has 0 unspecified atom stereocenters. The van der Waals surface area contributed by atoms with E-state index in [9.17, 15) is 0 Å². The van der Waals surface area contributed by atoms with Crippen LogP contribution in [0.1, 0.15) is 108 Å². The van der Waals surface area contributed by atoms with E-state index in [1.54, 1.807) is 0 Å². The van der Waals surface area contributed by atoms with Gasteiger partial charge in [0.25, 0.3) is 0 Å². The van der Waals surface area contributed by atoms with E-state index in [0.29, 0.717) is 0 Å². The molecule has 63 heavy (non-hydrogen) atoms. The lowest BCUT2D eigenvalue weighted by Crippen LogP contribution is -2.61. The molecule has 0 fully saturated rings. The smallest absolute Gasteiger partial charge is 0.334 e. The van der Waals surface area contributed by atoms with Crippen LogP contribution in [0.5, 0.6) is 0 Å². The maximum atomic E-state index is 2.77. The summed E-state index contributed by atoms with van der Waals surface area (Å²) in [6.07, 6.45) is 9.34. The van der Waals surface area contributed by atoms with Crippen LogP contribution in [0.3, 0.4) is 0 Å². The molecule has 3 aliphatic rings. The van der Waals surface area contributed by atoms with Gasteiger partial charge in [-0.15, -0.1) is 11.3 Å². The van der Waals surface area contributed by atoms with Crippen LogP contribution in [-0.2, 0) is 23.7 Å². The molecule has 4 heteroatoms. The summed E-state index contributed by atoms with van der Waals surface area (Å²) in [7, 11) is 0. The van der Waals surface area contributed by atoms with Gasteiger partial charge in [0.05, 0.1) is 5.69 Å². The average molecular weight is 839 g/mol. The number of anilines is 5. The number of unbranched alkanes of at least 4 members (excludes halogenated alkanes) is 2. The number of nitrogens with zero attached hydrogens (tertiary/aromatic N) is 2. The van der Waals surface area contributed by atoms with E-state index in [4.69, 9.17) is 0 Å². The molecule has 0 bridgehead atoms. The quantitative estimate of drug-likeness (QED) is 0.134. The van der Waals surface area contributed by atoms with Gasteiger partial charge in [0.2, 0.25) is 0 Å². The van der Waals surface area contributed by atoms with Gasteiger partial charge in [-0.1, -0.05) is 133 Å². The van der Waals surface area contributed by atoms with Gasteiger partial charge in [-0.2, -0.15) is 0 Å². The van der Waals surface area contributed by atoms with E-state index in [1.807, 2.05) is 11.3 Å². The highest BCUT2D eigenvalue weighted by Crippen LogP contribution is 2.54. The zero-order valence-electron chi connectivity index (χ0n) is 38.2. The molecule has 1 aromatic heterocycles. The first-order valence-electron chi connectivity index (χ1n) is 23.7. The van der Waals surface area contributed by atoms with Crippen LogP contribution in [0.15, 0.2) is 133 Å². The summed E-state index contributed by atoms with van der Waals surface area (Å²) in [5, 5.41) is 2.69. The van der Waals surface area contributed by atoms with Crippen molar-refractivity contribution in [3.05, 3.63) is 161 Å². The van der Waals surface area contributed by atoms with E-state index < -0.39 is 0 Å². The van der Waals surface area contributed by atoms with E-state index in [-0.39, 0.29) is 17.7 Å². The zero-order valence-corrected chi connectivity index (χ0v) is 39.1. The third-order valence-electron chi connectivity index (χ3n) is 14.9. The summed E-state index contributed by atoms with van der Waals surface area (Å²) in [4.78, 5) is 5.43. The lowest BCUT2D eigenvalue weighted by molar-refractivity contribution is 0.332. The van der Waals surface area contributed by atoms with E-state index in [2.05, 4.69) is 192 Å². The van der Waals surface area contributed by atoms with Crippen LogP contribution in [0.2, 0.25) is 0 Å². The summed E-state index contributed by atoms with van der Waals surface area (Å²) < 4.78 is 2.72. The summed E-state index contributed by atoms with van der Waals surface area (Å²) in [5.74, 6) is 0. The number of fused-ring (bicyclic) bond motifs is 9. The number of hydrogen-bond donors (Lipinski definition) is 0. The van der Waals surface area contributed by atoms with Crippen LogP contribution in [0.25, 0.3) is 42.4 Å². The van der Waals surface area contributed by atoms with Gasteiger partial charge in [0.15, 0.2) is 0 Å². The lowest BCUT2D eigenvalue weighted by atomic mass is 9.43. The highest BCUT2D eigenvalue weighted by atomic mass is 32.1. The largest absolute Gasteiger partial charge is 0.376 e. The Hall–Kier alpha value is -5.58. The molecule has 0 spiro atoms. The predicted molar refractivity (Wildman–Crippen MR) is 276 cm³/mol. The van der Waals surface area contributed by atoms with Crippen molar-refractivity contribution in [2.45, 2.75) is 111 Å². The summed E-state index contributed by atoms with van der Waals surface area (Å²) in [5.41, 5.74) is 21.7. The first-order chi connectivity index (χ1) is 30.6. The summed E-state index contributed by atoms with van der Waals surface area (Å²) >= 11 is 1.97. The molecule has 0 saturated carbocycles. The lowest BCUT2D eigenvalue weighted by Gasteiger charge is -2.48. The van der Waals surface area contributed by atoms with Crippen LogP contribution in [-0.4, -0.2) is 6.85 Å². The fourth-order valence-electron chi connectivity index (χ4n) is 11.3. The topological polar surface area (TPSA) is 6.48 Å². The second-order valence-electron chi connectivity index (χ2n) is 20.1. The average Bonchev–Trinajstić information content (AvgIpc) is 3.68. The SMILES string of the molecule is CCCCc1ccc(N2B3c4c(cc(C)cc4N(c4ccc(CCCC)cc4-c4ccccc4)c4ccc5c(sc6ccccc65)c43)-c3cc4c(cc32)C(C)(C)CCC4(C)C)cc1. The van der Waals surface area contributed by atoms with Crippen LogP contribution in [0, 0.1) is 6.92 Å². The van der Waals surface area contributed by atoms with Crippen LogP contribution < -0.4 is 20.6 Å². The molecule has 0 saturated heterocycles. The van der Waals surface area contributed by atoms with Gasteiger partial charge >= 0.3 is 6.85 Å². The third kappa shape index (κ3) is 6.49. The predicted octanol–water partition coefficient (Wildman–Crippen LogP) is 15.8. The molecule has 3 heterocycles. The van der Waals surface area contributed by atoms with Gasteiger partial charge in [-0.3, -0.25) is 0 Å². The number of aryl methyl sites for hydroxylation is 3. The fraction of sp³-hybridized carbons (Fsp3) is 0.288. The van der Waals surface area contributed by atoms with Gasteiger partial charge in [-0.05, 0) is 161 Å². The Bertz CT molecular complexity index is 3060. The first-order valence-corrected chi connectivity index (χ1v) is 24.5. The van der Waals surface area contributed by atoms with Crippen LogP contribution >= 0.6 is 11.3 Å². The van der Waals surface area contributed by atoms with E-state index in [1.165, 1.54) is 148 Å². The van der Waals surface area contributed by atoms with E-state index >= 15 is 0 Å². The fourth-order valence-corrected chi connectivity index (χ4v) is 12.6. The Morgan fingerprint density at radius 3 is 1.97 bits per heavy atom. The molecule has 0 N–H and O–H groups in total. The van der Waals surface area contributed by atoms with Crippen molar-refractivity contribution in [1.29, 1.82) is 0 Å². The number of hydrogen-bond acceptors (Lipinski definition) is 3. The van der Waals surface area contributed by atoms with Gasteiger partial charge in [0, 0.05) is 54.0 Å². The van der Waals surface area contributed by atoms with Crippen molar-refractivity contribution in [2.75, 3.05) is 9.71 Å². The normalized spacial score (nSPS) is 15.6. The molecule has 1 aliphatic carbocycles. The number of rotatable bonds is 9. The molecular formula is C59H59BN2S. The van der Waals surface area contributed by atoms with E-state index in [0.717, 1.165) is 12.8 Å². The third-order valence-corrected chi connectivity index (χ3v) is 16.1. The highest BCUT2D eigenvalue weighted by Gasteiger charge is 2.48. The highest BCUT2D eigenvalue weighted by molar-refractivity contribution is 7.27. The van der Waals surface area contributed by atoms with Crippen LogP contribution in [0.4, 0.5) is 28.4 Å². The second kappa shape index (κ2) is 15.3. The maximum absolute atomic E-state index is 2.77.